The number of rotatable bonds is 3. The first kappa shape index (κ1) is 11.4. The van der Waals surface area contributed by atoms with Gasteiger partial charge in [0.1, 0.15) is 6.04 Å². The summed E-state index contributed by atoms with van der Waals surface area (Å²) in [6, 6.07) is 6.05. The van der Waals surface area contributed by atoms with Gasteiger partial charge in [-0.2, -0.15) is 13.2 Å². The number of hydrogen-bond acceptors (Lipinski definition) is 2. The number of nitrogens with one attached hydrogen (secondary N) is 1. The van der Waals surface area contributed by atoms with E-state index in [1.54, 1.807) is 18.2 Å². The largest absolute Gasteiger partial charge is 0.407 e. The number of hydrogen-bond donors (Lipinski definition) is 1. The molecule has 88 valence electrons. The molecule has 0 bridgehead atoms. The SMILES string of the molecule is FC(F)(F)C(NC1COC1)c1ccccc1. The minimum atomic E-state index is -4.28. The van der Waals surface area contributed by atoms with E-state index in [2.05, 4.69) is 5.32 Å². The molecule has 2 rings (SSSR count). The van der Waals surface area contributed by atoms with E-state index in [9.17, 15) is 13.2 Å². The monoisotopic (exact) mass is 231 g/mol. The Bertz CT molecular complexity index is 335. The Morgan fingerprint density at radius 2 is 1.81 bits per heavy atom. The van der Waals surface area contributed by atoms with Crippen LogP contribution in [0.25, 0.3) is 0 Å². The van der Waals surface area contributed by atoms with E-state index in [-0.39, 0.29) is 11.6 Å². The summed E-state index contributed by atoms with van der Waals surface area (Å²) in [5.74, 6) is 0. The van der Waals surface area contributed by atoms with E-state index in [1.807, 2.05) is 0 Å². The molecule has 1 aliphatic rings. The first-order valence-electron chi connectivity index (χ1n) is 5.03. The topological polar surface area (TPSA) is 21.3 Å². The zero-order chi connectivity index (χ0) is 11.6. The van der Waals surface area contributed by atoms with Gasteiger partial charge in [-0.1, -0.05) is 30.3 Å². The van der Waals surface area contributed by atoms with Gasteiger partial charge in [-0.15, -0.1) is 0 Å². The van der Waals surface area contributed by atoms with Gasteiger partial charge in [0.05, 0.1) is 19.3 Å². The summed E-state index contributed by atoms with van der Waals surface area (Å²) < 4.78 is 43.3. The highest BCUT2D eigenvalue weighted by Gasteiger charge is 2.42. The average Bonchev–Trinajstić information content (AvgIpc) is 2.15. The Hall–Kier alpha value is -1.07. The molecule has 0 spiro atoms. The summed E-state index contributed by atoms with van der Waals surface area (Å²) in [4.78, 5) is 0. The lowest BCUT2D eigenvalue weighted by Crippen LogP contribution is -2.50. The molecule has 16 heavy (non-hydrogen) atoms. The molecule has 0 radical (unpaired) electrons. The van der Waals surface area contributed by atoms with Gasteiger partial charge in [-0.25, -0.2) is 0 Å². The maximum absolute atomic E-state index is 12.8. The maximum atomic E-state index is 12.8. The molecule has 1 atom stereocenters. The van der Waals surface area contributed by atoms with Crippen LogP contribution in [0.4, 0.5) is 13.2 Å². The van der Waals surface area contributed by atoms with Crippen molar-refractivity contribution < 1.29 is 17.9 Å². The molecule has 1 aliphatic heterocycles. The molecule has 2 nitrogen and oxygen atoms in total. The predicted molar refractivity (Wildman–Crippen MR) is 53.0 cm³/mol. The van der Waals surface area contributed by atoms with Crippen LogP contribution < -0.4 is 5.32 Å². The summed E-state index contributed by atoms with van der Waals surface area (Å²) >= 11 is 0. The van der Waals surface area contributed by atoms with Crippen LogP contribution in [0.5, 0.6) is 0 Å². The normalized spacial score (nSPS) is 19.2. The van der Waals surface area contributed by atoms with Crippen LogP contribution in [-0.4, -0.2) is 25.4 Å². The van der Waals surface area contributed by atoms with Crippen molar-refractivity contribution >= 4 is 0 Å². The van der Waals surface area contributed by atoms with Gasteiger partial charge in [0.25, 0.3) is 0 Å². The average molecular weight is 231 g/mol. The van der Waals surface area contributed by atoms with Crippen LogP contribution in [0.15, 0.2) is 30.3 Å². The van der Waals surface area contributed by atoms with Crippen molar-refractivity contribution in [2.75, 3.05) is 13.2 Å². The van der Waals surface area contributed by atoms with Crippen LogP contribution in [0.3, 0.4) is 0 Å². The molecular weight excluding hydrogens is 219 g/mol. The molecule has 1 heterocycles. The smallest absolute Gasteiger partial charge is 0.378 e. The van der Waals surface area contributed by atoms with E-state index in [4.69, 9.17) is 4.74 Å². The van der Waals surface area contributed by atoms with E-state index in [0.29, 0.717) is 13.2 Å². The zero-order valence-corrected chi connectivity index (χ0v) is 8.50. The van der Waals surface area contributed by atoms with Crippen molar-refractivity contribution in [1.82, 2.24) is 5.32 Å². The highest BCUT2D eigenvalue weighted by atomic mass is 19.4. The predicted octanol–water partition coefficient (Wildman–Crippen LogP) is 2.28. The van der Waals surface area contributed by atoms with E-state index in [1.165, 1.54) is 12.1 Å². The minimum absolute atomic E-state index is 0.202. The second-order valence-electron chi connectivity index (χ2n) is 3.79. The fourth-order valence-corrected chi connectivity index (χ4v) is 1.59. The summed E-state index contributed by atoms with van der Waals surface area (Å²) in [7, 11) is 0. The Kier molecular flexibility index (Phi) is 3.16. The summed E-state index contributed by atoms with van der Waals surface area (Å²) in [6.45, 7) is 0.693. The van der Waals surface area contributed by atoms with Crippen molar-refractivity contribution in [2.45, 2.75) is 18.3 Å². The first-order valence-corrected chi connectivity index (χ1v) is 5.03. The van der Waals surface area contributed by atoms with Crippen LogP contribution in [-0.2, 0) is 4.74 Å². The van der Waals surface area contributed by atoms with Gasteiger partial charge in [-0.3, -0.25) is 5.32 Å². The highest BCUT2D eigenvalue weighted by molar-refractivity contribution is 5.20. The van der Waals surface area contributed by atoms with Crippen molar-refractivity contribution in [1.29, 1.82) is 0 Å². The summed E-state index contributed by atoms with van der Waals surface area (Å²) in [5, 5.41) is 2.56. The van der Waals surface area contributed by atoms with Gasteiger partial charge < -0.3 is 4.74 Å². The number of halogens is 3. The molecule has 0 aliphatic carbocycles. The Labute approximate surface area is 91.4 Å². The Morgan fingerprint density at radius 3 is 2.25 bits per heavy atom. The second kappa shape index (κ2) is 4.43. The lowest BCUT2D eigenvalue weighted by molar-refractivity contribution is -0.166. The van der Waals surface area contributed by atoms with Crippen molar-refractivity contribution in [2.24, 2.45) is 0 Å². The minimum Gasteiger partial charge on any atom is -0.378 e. The van der Waals surface area contributed by atoms with E-state index >= 15 is 0 Å². The third kappa shape index (κ3) is 2.54. The highest BCUT2D eigenvalue weighted by Crippen LogP contribution is 2.33. The molecule has 1 N–H and O–H groups in total. The molecule has 1 aromatic carbocycles. The van der Waals surface area contributed by atoms with Gasteiger partial charge in [-0.05, 0) is 5.56 Å². The van der Waals surface area contributed by atoms with Crippen molar-refractivity contribution in [3.05, 3.63) is 35.9 Å². The molecule has 1 aromatic rings. The third-order valence-electron chi connectivity index (χ3n) is 2.50. The quantitative estimate of drug-likeness (QED) is 0.861. The van der Waals surface area contributed by atoms with Crippen LogP contribution >= 0.6 is 0 Å². The molecule has 0 amide bonds. The third-order valence-corrected chi connectivity index (χ3v) is 2.50. The van der Waals surface area contributed by atoms with Gasteiger partial charge in [0.2, 0.25) is 0 Å². The molecule has 1 unspecified atom stereocenters. The van der Waals surface area contributed by atoms with Gasteiger partial charge in [0.15, 0.2) is 0 Å². The van der Waals surface area contributed by atoms with Gasteiger partial charge >= 0.3 is 6.18 Å². The number of ether oxygens (including phenoxy) is 1. The first-order chi connectivity index (χ1) is 7.57. The maximum Gasteiger partial charge on any atom is 0.407 e. The number of benzene rings is 1. The lowest BCUT2D eigenvalue weighted by Gasteiger charge is -2.32. The number of alkyl halides is 3. The van der Waals surface area contributed by atoms with Crippen LogP contribution in [0.2, 0.25) is 0 Å². The van der Waals surface area contributed by atoms with Crippen molar-refractivity contribution in [3.63, 3.8) is 0 Å². The van der Waals surface area contributed by atoms with Crippen LogP contribution in [0, 0.1) is 0 Å². The molecular formula is C11H12F3NO. The van der Waals surface area contributed by atoms with E-state index < -0.39 is 12.2 Å². The molecule has 0 saturated carbocycles. The van der Waals surface area contributed by atoms with Gasteiger partial charge in [0, 0.05) is 0 Å². The second-order valence-corrected chi connectivity index (χ2v) is 3.79. The lowest BCUT2D eigenvalue weighted by atomic mass is 10.0. The molecule has 5 heteroatoms. The standard InChI is InChI=1S/C11H12F3NO/c12-11(13,14)10(15-9-6-16-7-9)8-4-2-1-3-5-8/h1-5,9-10,15H,6-7H2. The van der Waals surface area contributed by atoms with E-state index in [0.717, 1.165) is 0 Å². The summed E-state index contributed by atoms with van der Waals surface area (Å²) in [6.07, 6.45) is -4.28. The molecule has 1 fully saturated rings. The van der Waals surface area contributed by atoms with Crippen LogP contribution in [0.1, 0.15) is 11.6 Å². The fourth-order valence-electron chi connectivity index (χ4n) is 1.59. The summed E-state index contributed by atoms with van der Waals surface area (Å²) in [5.41, 5.74) is 0.238. The Balaban J connectivity index is 2.14. The Morgan fingerprint density at radius 1 is 1.19 bits per heavy atom. The zero-order valence-electron chi connectivity index (χ0n) is 8.50. The molecule has 1 saturated heterocycles. The van der Waals surface area contributed by atoms with Crippen molar-refractivity contribution in [3.8, 4) is 0 Å². The fraction of sp³-hybridized carbons (Fsp3) is 0.455. The molecule has 0 aromatic heterocycles.